The van der Waals surface area contributed by atoms with Gasteiger partial charge in [0.2, 0.25) is 0 Å². The zero-order chi connectivity index (χ0) is 9.80. The first kappa shape index (κ1) is 10.1. The normalized spacial score (nSPS) is 34.6. The molecule has 2 fully saturated rings. The van der Waals surface area contributed by atoms with Gasteiger partial charge in [-0.1, -0.05) is 18.0 Å². The number of rotatable bonds is 3. The molecule has 14 heavy (non-hydrogen) atoms. The average Bonchev–Trinajstić information content (AvgIpc) is 2.71. The molecule has 0 aromatic rings. The SMILES string of the molecule is O=NC1CCCCC1CN1CCCC1. The molecule has 0 N–H and O–H groups in total. The molecular weight excluding hydrogens is 176 g/mol. The Morgan fingerprint density at radius 2 is 1.79 bits per heavy atom. The molecule has 80 valence electrons. The van der Waals surface area contributed by atoms with E-state index in [0.717, 1.165) is 13.0 Å². The van der Waals surface area contributed by atoms with Crippen molar-refractivity contribution in [2.75, 3.05) is 19.6 Å². The summed E-state index contributed by atoms with van der Waals surface area (Å²) in [7, 11) is 0. The van der Waals surface area contributed by atoms with Gasteiger partial charge in [0.25, 0.3) is 0 Å². The molecular formula is C11H20N2O. The maximum absolute atomic E-state index is 10.7. The van der Waals surface area contributed by atoms with E-state index < -0.39 is 0 Å². The molecule has 0 aromatic carbocycles. The summed E-state index contributed by atoms with van der Waals surface area (Å²) in [6.45, 7) is 3.60. The average molecular weight is 196 g/mol. The molecule has 0 spiro atoms. The Morgan fingerprint density at radius 1 is 1.07 bits per heavy atom. The van der Waals surface area contributed by atoms with Gasteiger partial charge in [-0.25, -0.2) is 0 Å². The third-order valence-electron chi connectivity index (χ3n) is 3.70. The van der Waals surface area contributed by atoms with Gasteiger partial charge < -0.3 is 4.90 Å². The van der Waals surface area contributed by atoms with Gasteiger partial charge >= 0.3 is 0 Å². The Balaban J connectivity index is 1.83. The molecule has 1 aliphatic heterocycles. The van der Waals surface area contributed by atoms with Crippen LogP contribution in [0.15, 0.2) is 5.18 Å². The first-order valence-electron chi connectivity index (χ1n) is 5.95. The topological polar surface area (TPSA) is 32.7 Å². The van der Waals surface area contributed by atoms with Gasteiger partial charge in [0.1, 0.15) is 0 Å². The van der Waals surface area contributed by atoms with Gasteiger partial charge in [-0.05, 0) is 44.7 Å². The lowest BCUT2D eigenvalue weighted by Gasteiger charge is -2.29. The quantitative estimate of drug-likeness (QED) is 0.649. The van der Waals surface area contributed by atoms with Crippen molar-refractivity contribution in [3.8, 4) is 0 Å². The van der Waals surface area contributed by atoms with E-state index >= 15 is 0 Å². The summed E-state index contributed by atoms with van der Waals surface area (Å²) in [5.41, 5.74) is 0. The van der Waals surface area contributed by atoms with Crippen LogP contribution >= 0.6 is 0 Å². The summed E-state index contributed by atoms with van der Waals surface area (Å²) in [5, 5.41) is 3.29. The fourth-order valence-electron chi connectivity index (χ4n) is 2.84. The highest BCUT2D eigenvalue weighted by Crippen LogP contribution is 2.28. The Labute approximate surface area is 85.8 Å². The molecule has 2 rings (SSSR count). The Hall–Kier alpha value is -0.440. The predicted molar refractivity (Wildman–Crippen MR) is 57.2 cm³/mol. The van der Waals surface area contributed by atoms with E-state index in [-0.39, 0.29) is 6.04 Å². The molecule has 2 aliphatic rings. The van der Waals surface area contributed by atoms with Crippen molar-refractivity contribution in [2.24, 2.45) is 11.1 Å². The Morgan fingerprint density at radius 3 is 2.50 bits per heavy atom. The van der Waals surface area contributed by atoms with Crippen LogP contribution in [0.5, 0.6) is 0 Å². The number of nitroso groups, excluding NO2 is 1. The van der Waals surface area contributed by atoms with Crippen LogP contribution in [0, 0.1) is 10.8 Å². The summed E-state index contributed by atoms with van der Waals surface area (Å²) < 4.78 is 0. The van der Waals surface area contributed by atoms with Crippen LogP contribution in [-0.2, 0) is 0 Å². The molecule has 0 bridgehead atoms. The van der Waals surface area contributed by atoms with Gasteiger partial charge in [0, 0.05) is 6.54 Å². The summed E-state index contributed by atoms with van der Waals surface area (Å²) in [6, 6.07) is 0.115. The van der Waals surface area contributed by atoms with Crippen LogP contribution in [0.4, 0.5) is 0 Å². The van der Waals surface area contributed by atoms with Gasteiger partial charge in [0.15, 0.2) is 0 Å². The lowest BCUT2D eigenvalue weighted by atomic mass is 9.85. The minimum Gasteiger partial charge on any atom is -0.303 e. The monoisotopic (exact) mass is 196 g/mol. The lowest BCUT2D eigenvalue weighted by Crippen LogP contribution is -2.34. The highest BCUT2D eigenvalue weighted by atomic mass is 16.3. The Bertz CT molecular complexity index is 190. The zero-order valence-corrected chi connectivity index (χ0v) is 8.82. The van der Waals surface area contributed by atoms with Crippen LogP contribution < -0.4 is 0 Å². The zero-order valence-electron chi connectivity index (χ0n) is 8.82. The van der Waals surface area contributed by atoms with Crippen molar-refractivity contribution in [1.29, 1.82) is 0 Å². The molecule has 3 nitrogen and oxygen atoms in total. The van der Waals surface area contributed by atoms with Gasteiger partial charge in [-0.2, -0.15) is 4.91 Å². The highest BCUT2D eigenvalue weighted by Gasteiger charge is 2.28. The second-order valence-corrected chi connectivity index (χ2v) is 4.73. The summed E-state index contributed by atoms with van der Waals surface area (Å²) >= 11 is 0. The van der Waals surface area contributed by atoms with Gasteiger partial charge in [-0.15, -0.1) is 0 Å². The largest absolute Gasteiger partial charge is 0.303 e. The van der Waals surface area contributed by atoms with Gasteiger partial charge in [0.05, 0.1) is 6.04 Å². The third kappa shape index (κ3) is 2.32. The van der Waals surface area contributed by atoms with E-state index in [1.54, 1.807) is 0 Å². The number of likely N-dealkylation sites (tertiary alicyclic amines) is 1. The minimum atomic E-state index is 0.115. The first-order chi connectivity index (χ1) is 6.90. The van der Waals surface area contributed by atoms with Crippen molar-refractivity contribution in [1.82, 2.24) is 4.90 Å². The molecule has 3 heteroatoms. The second kappa shape index (κ2) is 4.87. The van der Waals surface area contributed by atoms with Crippen LogP contribution in [-0.4, -0.2) is 30.6 Å². The molecule has 0 aromatic heterocycles. The second-order valence-electron chi connectivity index (χ2n) is 4.73. The van der Waals surface area contributed by atoms with Crippen molar-refractivity contribution < 1.29 is 0 Å². The fraction of sp³-hybridized carbons (Fsp3) is 1.00. The molecule has 1 heterocycles. The molecule has 1 aliphatic carbocycles. The van der Waals surface area contributed by atoms with E-state index in [1.165, 1.54) is 45.2 Å². The minimum absolute atomic E-state index is 0.115. The predicted octanol–water partition coefficient (Wildman–Crippen LogP) is 2.41. The Kier molecular flexibility index (Phi) is 3.51. The fourth-order valence-corrected chi connectivity index (χ4v) is 2.84. The van der Waals surface area contributed by atoms with Crippen molar-refractivity contribution in [3.63, 3.8) is 0 Å². The van der Waals surface area contributed by atoms with Gasteiger partial charge in [-0.3, -0.25) is 0 Å². The summed E-state index contributed by atoms with van der Waals surface area (Å²) in [5.74, 6) is 0.555. The van der Waals surface area contributed by atoms with E-state index in [2.05, 4.69) is 10.1 Å². The van der Waals surface area contributed by atoms with Crippen LogP contribution in [0.1, 0.15) is 38.5 Å². The van der Waals surface area contributed by atoms with E-state index in [1.807, 2.05) is 0 Å². The van der Waals surface area contributed by atoms with E-state index in [0.29, 0.717) is 5.92 Å². The standard InChI is InChI=1S/C11H20N2O/c14-12-11-6-2-1-5-10(11)9-13-7-3-4-8-13/h10-11H,1-9H2. The number of hydrogen-bond donors (Lipinski definition) is 0. The summed E-state index contributed by atoms with van der Waals surface area (Å²) in [4.78, 5) is 13.2. The number of nitrogens with zero attached hydrogens (tertiary/aromatic N) is 2. The third-order valence-corrected chi connectivity index (χ3v) is 3.70. The highest BCUT2D eigenvalue weighted by molar-refractivity contribution is 4.83. The first-order valence-corrected chi connectivity index (χ1v) is 5.95. The number of hydrogen-bond acceptors (Lipinski definition) is 3. The molecule has 2 unspecified atom stereocenters. The van der Waals surface area contributed by atoms with Crippen LogP contribution in [0.2, 0.25) is 0 Å². The van der Waals surface area contributed by atoms with Crippen molar-refractivity contribution >= 4 is 0 Å². The maximum atomic E-state index is 10.7. The molecule has 1 saturated heterocycles. The van der Waals surface area contributed by atoms with E-state index in [9.17, 15) is 4.91 Å². The van der Waals surface area contributed by atoms with Crippen LogP contribution in [0.3, 0.4) is 0 Å². The lowest BCUT2D eigenvalue weighted by molar-refractivity contribution is 0.211. The molecule has 1 saturated carbocycles. The van der Waals surface area contributed by atoms with Crippen molar-refractivity contribution in [3.05, 3.63) is 4.91 Å². The van der Waals surface area contributed by atoms with E-state index in [4.69, 9.17) is 0 Å². The molecule has 0 amide bonds. The van der Waals surface area contributed by atoms with Crippen LogP contribution in [0.25, 0.3) is 0 Å². The summed E-state index contributed by atoms with van der Waals surface area (Å²) in [6.07, 6.45) is 7.42. The maximum Gasteiger partial charge on any atom is 0.0960 e. The molecule has 2 atom stereocenters. The van der Waals surface area contributed by atoms with Crippen molar-refractivity contribution in [2.45, 2.75) is 44.6 Å². The smallest absolute Gasteiger partial charge is 0.0960 e. The molecule has 0 radical (unpaired) electrons.